The van der Waals surface area contributed by atoms with Gasteiger partial charge in [0.15, 0.2) is 0 Å². The van der Waals surface area contributed by atoms with Crippen LogP contribution in [0.4, 0.5) is 5.82 Å². The predicted molar refractivity (Wildman–Crippen MR) is 82.2 cm³/mol. The van der Waals surface area contributed by atoms with Gasteiger partial charge in [0.2, 0.25) is 5.91 Å². The van der Waals surface area contributed by atoms with Crippen molar-refractivity contribution in [2.24, 2.45) is 0 Å². The molecule has 0 saturated heterocycles. The SMILES string of the molecule is CCCc1c(Cl)ncnc1N(CC)CC(=O)NC(C)C. The Morgan fingerprint density at radius 2 is 2.10 bits per heavy atom. The normalized spacial score (nSPS) is 10.7. The van der Waals surface area contributed by atoms with Crippen molar-refractivity contribution in [2.75, 3.05) is 18.0 Å². The number of rotatable bonds is 7. The number of anilines is 1. The van der Waals surface area contributed by atoms with Gasteiger partial charge in [-0.1, -0.05) is 24.9 Å². The Morgan fingerprint density at radius 3 is 2.65 bits per heavy atom. The quantitative estimate of drug-likeness (QED) is 0.786. The smallest absolute Gasteiger partial charge is 0.239 e. The molecule has 0 aliphatic rings. The van der Waals surface area contributed by atoms with Crippen molar-refractivity contribution in [2.45, 2.75) is 46.6 Å². The van der Waals surface area contributed by atoms with Crippen molar-refractivity contribution < 1.29 is 4.79 Å². The van der Waals surface area contributed by atoms with Crippen LogP contribution in [0.3, 0.4) is 0 Å². The summed E-state index contributed by atoms with van der Waals surface area (Å²) in [4.78, 5) is 22.2. The molecule has 20 heavy (non-hydrogen) atoms. The van der Waals surface area contributed by atoms with Crippen LogP contribution in [0, 0.1) is 0 Å². The van der Waals surface area contributed by atoms with Gasteiger partial charge in [0.1, 0.15) is 17.3 Å². The molecule has 0 unspecified atom stereocenters. The van der Waals surface area contributed by atoms with Crippen LogP contribution in [-0.2, 0) is 11.2 Å². The first-order valence-electron chi connectivity index (χ1n) is 7.03. The van der Waals surface area contributed by atoms with E-state index >= 15 is 0 Å². The highest BCUT2D eigenvalue weighted by Gasteiger charge is 2.17. The van der Waals surface area contributed by atoms with E-state index in [4.69, 9.17) is 11.6 Å². The summed E-state index contributed by atoms with van der Waals surface area (Å²) in [6.07, 6.45) is 3.20. The molecule has 0 atom stereocenters. The minimum atomic E-state index is -0.0148. The summed E-state index contributed by atoms with van der Waals surface area (Å²) >= 11 is 6.15. The maximum atomic E-state index is 11.9. The molecule has 1 amide bonds. The zero-order valence-corrected chi connectivity index (χ0v) is 13.4. The second-order valence-corrected chi connectivity index (χ2v) is 5.31. The van der Waals surface area contributed by atoms with Gasteiger partial charge in [0.05, 0.1) is 6.54 Å². The summed E-state index contributed by atoms with van der Waals surface area (Å²) in [7, 11) is 0. The van der Waals surface area contributed by atoms with E-state index in [9.17, 15) is 4.79 Å². The lowest BCUT2D eigenvalue weighted by atomic mass is 10.1. The van der Waals surface area contributed by atoms with E-state index in [-0.39, 0.29) is 18.5 Å². The Morgan fingerprint density at radius 1 is 1.40 bits per heavy atom. The zero-order chi connectivity index (χ0) is 15.1. The molecule has 0 radical (unpaired) electrons. The van der Waals surface area contributed by atoms with Gasteiger partial charge in [-0.25, -0.2) is 9.97 Å². The fourth-order valence-electron chi connectivity index (χ4n) is 2.00. The van der Waals surface area contributed by atoms with Crippen molar-refractivity contribution in [3.8, 4) is 0 Å². The lowest BCUT2D eigenvalue weighted by Gasteiger charge is -2.24. The van der Waals surface area contributed by atoms with Crippen LogP contribution in [0.25, 0.3) is 0 Å². The van der Waals surface area contributed by atoms with Gasteiger partial charge in [-0.3, -0.25) is 4.79 Å². The summed E-state index contributed by atoms with van der Waals surface area (Å²) in [6.45, 7) is 8.92. The maximum Gasteiger partial charge on any atom is 0.239 e. The fourth-order valence-corrected chi connectivity index (χ4v) is 2.22. The van der Waals surface area contributed by atoms with Crippen molar-refractivity contribution in [3.05, 3.63) is 17.0 Å². The summed E-state index contributed by atoms with van der Waals surface area (Å²) in [6, 6.07) is 0.130. The summed E-state index contributed by atoms with van der Waals surface area (Å²) < 4.78 is 0. The van der Waals surface area contributed by atoms with Gasteiger partial charge in [0.25, 0.3) is 0 Å². The van der Waals surface area contributed by atoms with Gasteiger partial charge < -0.3 is 10.2 Å². The predicted octanol–water partition coefficient (Wildman–Crippen LogP) is 2.43. The minimum Gasteiger partial charge on any atom is -0.352 e. The summed E-state index contributed by atoms with van der Waals surface area (Å²) in [5.41, 5.74) is 0.913. The van der Waals surface area contributed by atoms with Crippen LogP contribution >= 0.6 is 11.6 Å². The van der Waals surface area contributed by atoms with Gasteiger partial charge in [0, 0.05) is 18.2 Å². The van der Waals surface area contributed by atoms with Crippen LogP contribution in [0.5, 0.6) is 0 Å². The Labute approximate surface area is 125 Å². The first-order valence-corrected chi connectivity index (χ1v) is 7.41. The molecule has 1 aromatic heterocycles. The van der Waals surface area contributed by atoms with E-state index < -0.39 is 0 Å². The number of nitrogens with zero attached hydrogens (tertiary/aromatic N) is 3. The Balaban J connectivity index is 2.94. The second-order valence-electron chi connectivity index (χ2n) is 4.95. The number of aromatic nitrogens is 2. The Hall–Kier alpha value is -1.36. The van der Waals surface area contributed by atoms with Crippen LogP contribution in [-0.4, -0.2) is 35.0 Å². The fraction of sp³-hybridized carbons (Fsp3) is 0.643. The van der Waals surface area contributed by atoms with E-state index in [1.807, 2.05) is 25.7 Å². The van der Waals surface area contributed by atoms with Crippen LogP contribution < -0.4 is 10.2 Å². The number of nitrogens with one attached hydrogen (secondary N) is 1. The van der Waals surface area contributed by atoms with Gasteiger partial charge >= 0.3 is 0 Å². The highest BCUT2D eigenvalue weighted by atomic mass is 35.5. The first-order chi connectivity index (χ1) is 9.49. The van der Waals surface area contributed by atoms with Crippen LogP contribution in [0.1, 0.15) is 39.7 Å². The number of carbonyl (C=O) groups excluding carboxylic acids is 1. The molecule has 112 valence electrons. The highest BCUT2D eigenvalue weighted by molar-refractivity contribution is 6.30. The van der Waals surface area contributed by atoms with E-state index in [1.165, 1.54) is 6.33 Å². The minimum absolute atomic E-state index is 0.0148. The number of hydrogen-bond acceptors (Lipinski definition) is 4. The Bertz CT molecular complexity index is 451. The van der Waals surface area contributed by atoms with Crippen LogP contribution in [0.2, 0.25) is 5.15 Å². The second kappa shape index (κ2) is 8.04. The topological polar surface area (TPSA) is 58.1 Å². The molecule has 1 heterocycles. The number of likely N-dealkylation sites (N-methyl/N-ethyl adjacent to an activating group) is 1. The largest absolute Gasteiger partial charge is 0.352 e. The number of carbonyl (C=O) groups is 1. The molecule has 0 bridgehead atoms. The number of amides is 1. The van der Waals surface area contributed by atoms with Gasteiger partial charge in [-0.15, -0.1) is 0 Å². The zero-order valence-electron chi connectivity index (χ0n) is 12.6. The molecule has 0 aliphatic carbocycles. The molecule has 1 rings (SSSR count). The molecule has 5 nitrogen and oxygen atoms in total. The Kier molecular flexibility index (Phi) is 6.71. The first kappa shape index (κ1) is 16.7. The van der Waals surface area contributed by atoms with Gasteiger partial charge in [-0.05, 0) is 27.2 Å². The van der Waals surface area contributed by atoms with Crippen molar-refractivity contribution in [1.29, 1.82) is 0 Å². The van der Waals surface area contributed by atoms with Crippen molar-refractivity contribution >= 4 is 23.3 Å². The van der Waals surface area contributed by atoms with Crippen LogP contribution in [0.15, 0.2) is 6.33 Å². The molecule has 0 spiro atoms. The molecule has 0 aliphatic heterocycles. The van der Waals surface area contributed by atoms with Crippen molar-refractivity contribution in [1.82, 2.24) is 15.3 Å². The molecule has 6 heteroatoms. The molecule has 0 aromatic carbocycles. The third-order valence-corrected chi connectivity index (χ3v) is 3.16. The maximum absolute atomic E-state index is 11.9. The number of halogens is 1. The molecular formula is C14H23ClN4O. The lowest BCUT2D eigenvalue weighted by molar-refractivity contribution is -0.120. The highest BCUT2D eigenvalue weighted by Crippen LogP contribution is 2.24. The molecule has 0 fully saturated rings. The van der Waals surface area contributed by atoms with E-state index in [0.29, 0.717) is 11.7 Å². The van der Waals surface area contributed by atoms with Gasteiger partial charge in [-0.2, -0.15) is 0 Å². The average Bonchev–Trinajstić information content (AvgIpc) is 2.38. The third-order valence-electron chi connectivity index (χ3n) is 2.84. The lowest BCUT2D eigenvalue weighted by Crippen LogP contribution is -2.40. The van der Waals surface area contributed by atoms with E-state index in [0.717, 1.165) is 24.2 Å². The molecular weight excluding hydrogens is 276 g/mol. The van der Waals surface area contributed by atoms with E-state index in [2.05, 4.69) is 22.2 Å². The van der Waals surface area contributed by atoms with E-state index in [1.54, 1.807) is 0 Å². The number of hydrogen-bond donors (Lipinski definition) is 1. The third kappa shape index (κ3) is 4.63. The summed E-state index contributed by atoms with van der Waals surface area (Å²) in [5, 5.41) is 3.36. The average molecular weight is 299 g/mol. The molecule has 1 N–H and O–H groups in total. The molecule has 0 saturated carbocycles. The standard InChI is InChI=1S/C14H23ClN4O/c1-5-7-11-13(15)16-9-17-14(11)19(6-2)8-12(20)18-10(3)4/h9-10H,5-8H2,1-4H3,(H,18,20). The molecule has 1 aromatic rings. The monoisotopic (exact) mass is 298 g/mol. The van der Waals surface area contributed by atoms with Crippen molar-refractivity contribution in [3.63, 3.8) is 0 Å². The summed E-state index contributed by atoms with van der Waals surface area (Å²) in [5.74, 6) is 0.743.